The molecule has 1 aromatic carbocycles. The molecule has 0 saturated heterocycles. The molecule has 0 bridgehead atoms. The molecular formula is C19H17ClF4N4O3. The molecule has 31 heavy (non-hydrogen) atoms. The van der Waals surface area contributed by atoms with Crippen LogP contribution < -0.4 is 15.8 Å². The summed E-state index contributed by atoms with van der Waals surface area (Å²) in [6, 6.07) is 4.46. The van der Waals surface area contributed by atoms with Crippen molar-refractivity contribution in [1.82, 2.24) is 4.98 Å². The van der Waals surface area contributed by atoms with Gasteiger partial charge in [0.2, 0.25) is 0 Å². The van der Waals surface area contributed by atoms with Gasteiger partial charge in [0.05, 0.1) is 23.9 Å². The van der Waals surface area contributed by atoms with Crippen molar-refractivity contribution in [2.75, 3.05) is 12.4 Å². The maximum atomic E-state index is 14.8. The minimum Gasteiger partial charge on any atom is -0.495 e. The zero-order valence-corrected chi connectivity index (χ0v) is 17.0. The van der Waals surface area contributed by atoms with E-state index in [-0.39, 0.29) is 16.9 Å². The molecule has 2 atom stereocenters. The van der Waals surface area contributed by atoms with Crippen LogP contribution in [0.2, 0.25) is 5.02 Å². The van der Waals surface area contributed by atoms with E-state index in [0.717, 1.165) is 12.1 Å². The lowest BCUT2D eigenvalue weighted by molar-refractivity contribution is -0.208. The number of aromatic nitrogens is 1. The standard InChI is InChI=1S/C19H17ClF4N4O3/c1-18(7-14(19(22,23)24)31-17(25)28-18)11-5-9(6-12(20)15(11)21)27-16(29)13-4-3-10(30-2)8-26-13/h3-6,8,14H,7H2,1-2H3,(H2,25,28)(H,27,29)/t14-,18-/m0/s1. The fourth-order valence-electron chi connectivity index (χ4n) is 3.10. The Labute approximate surface area is 179 Å². The summed E-state index contributed by atoms with van der Waals surface area (Å²) in [5, 5.41) is 2.07. The lowest BCUT2D eigenvalue weighted by Crippen LogP contribution is -2.46. The van der Waals surface area contributed by atoms with E-state index in [1.54, 1.807) is 0 Å². The molecule has 166 valence electrons. The van der Waals surface area contributed by atoms with E-state index in [9.17, 15) is 22.4 Å². The number of amidine groups is 1. The van der Waals surface area contributed by atoms with Gasteiger partial charge in [0.1, 0.15) is 17.3 Å². The number of aliphatic imine (C=N–C) groups is 1. The zero-order chi connectivity index (χ0) is 23.0. The molecule has 3 rings (SSSR count). The number of ether oxygens (including phenoxy) is 2. The zero-order valence-electron chi connectivity index (χ0n) is 16.3. The maximum absolute atomic E-state index is 14.8. The van der Waals surface area contributed by atoms with Crippen molar-refractivity contribution in [3.63, 3.8) is 0 Å². The number of anilines is 1. The molecule has 0 fully saturated rings. The molecule has 0 spiro atoms. The average Bonchev–Trinajstić information content (AvgIpc) is 2.69. The first-order chi connectivity index (χ1) is 14.4. The molecule has 7 nitrogen and oxygen atoms in total. The van der Waals surface area contributed by atoms with Crippen molar-refractivity contribution >= 4 is 29.2 Å². The average molecular weight is 461 g/mol. The lowest BCUT2D eigenvalue weighted by Gasteiger charge is -2.36. The number of pyridine rings is 1. The maximum Gasteiger partial charge on any atom is 0.425 e. The van der Waals surface area contributed by atoms with Crippen molar-refractivity contribution < 1.29 is 31.8 Å². The highest BCUT2D eigenvalue weighted by Gasteiger charge is 2.50. The fraction of sp³-hybridized carbons (Fsp3) is 0.316. The molecule has 2 aromatic rings. The molecule has 1 aromatic heterocycles. The molecule has 0 radical (unpaired) electrons. The summed E-state index contributed by atoms with van der Waals surface area (Å²) in [5.74, 6) is -1.19. The van der Waals surface area contributed by atoms with E-state index in [1.807, 2.05) is 0 Å². The van der Waals surface area contributed by atoms with Gasteiger partial charge in [-0.1, -0.05) is 11.6 Å². The number of hydrogen-bond donors (Lipinski definition) is 2. The molecule has 3 N–H and O–H groups in total. The SMILES string of the molecule is COc1ccc(C(=O)Nc2cc(Cl)c(F)c([C@]3(C)C[C@@H](C(F)(F)F)OC(N)=N3)c2)nc1. The van der Waals surface area contributed by atoms with Gasteiger partial charge in [-0.2, -0.15) is 13.2 Å². The Morgan fingerprint density at radius 3 is 2.68 bits per heavy atom. The number of hydrogen-bond acceptors (Lipinski definition) is 6. The van der Waals surface area contributed by atoms with Gasteiger partial charge in [-0.15, -0.1) is 0 Å². The predicted molar refractivity (Wildman–Crippen MR) is 105 cm³/mol. The summed E-state index contributed by atoms with van der Waals surface area (Å²) >= 11 is 5.94. The van der Waals surface area contributed by atoms with Gasteiger partial charge < -0.3 is 20.5 Å². The van der Waals surface area contributed by atoms with E-state index >= 15 is 0 Å². The van der Waals surface area contributed by atoms with Crippen LogP contribution in [0.1, 0.15) is 29.4 Å². The number of methoxy groups -OCH3 is 1. The Hall–Kier alpha value is -3.08. The molecule has 0 aliphatic carbocycles. The molecule has 0 saturated carbocycles. The number of nitrogens with one attached hydrogen (secondary N) is 1. The fourth-order valence-corrected chi connectivity index (χ4v) is 3.32. The van der Waals surface area contributed by atoms with Gasteiger partial charge in [0, 0.05) is 17.7 Å². The van der Waals surface area contributed by atoms with Crippen LogP contribution in [0, 0.1) is 5.82 Å². The molecular weight excluding hydrogens is 444 g/mol. The lowest BCUT2D eigenvalue weighted by atomic mass is 9.85. The normalized spacial score (nSPS) is 21.1. The van der Waals surface area contributed by atoms with E-state index in [1.165, 1.54) is 32.4 Å². The topological polar surface area (TPSA) is 98.8 Å². The van der Waals surface area contributed by atoms with Crippen LogP contribution in [0.25, 0.3) is 0 Å². The van der Waals surface area contributed by atoms with E-state index in [0.29, 0.717) is 5.75 Å². The Balaban J connectivity index is 1.95. The van der Waals surface area contributed by atoms with Crippen molar-refractivity contribution in [3.05, 3.63) is 52.6 Å². The van der Waals surface area contributed by atoms with Crippen LogP contribution in [0.5, 0.6) is 5.75 Å². The summed E-state index contributed by atoms with van der Waals surface area (Å²) in [7, 11) is 1.44. The predicted octanol–water partition coefficient (Wildman–Crippen LogP) is 4.02. The van der Waals surface area contributed by atoms with Crippen molar-refractivity contribution in [3.8, 4) is 5.75 Å². The Morgan fingerprint density at radius 2 is 2.10 bits per heavy atom. The molecule has 1 amide bonds. The summed E-state index contributed by atoms with van der Waals surface area (Å²) < 4.78 is 64.0. The van der Waals surface area contributed by atoms with Gasteiger partial charge in [-0.3, -0.25) is 4.79 Å². The highest BCUT2D eigenvalue weighted by Crippen LogP contribution is 2.42. The monoisotopic (exact) mass is 460 g/mol. The van der Waals surface area contributed by atoms with Gasteiger partial charge in [0.15, 0.2) is 6.10 Å². The number of benzene rings is 1. The minimum atomic E-state index is -4.74. The molecule has 1 aliphatic rings. The number of nitrogens with two attached hydrogens (primary N) is 1. The van der Waals surface area contributed by atoms with Crippen LogP contribution in [0.4, 0.5) is 23.2 Å². The van der Waals surface area contributed by atoms with Gasteiger partial charge >= 0.3 is 6.18 Å². The summed E-state index contributed by atoms with van der Waals surface area (Å²) in [4.78, 5) is 20.3. The third kappa shape index (κ3) is 4.82. The van der Waals surface area contributed by atoms with Crippen LogP contribution >= 0.6 is 11.6 Å². The van der Waals surface area contributed by atoms with Crippen molar-refractivity contribution in [2.24, 2.45) is 10.7 Å². The van der Waals surface area contributed by atoms with Crippen molar-refractivity contribution in [1.29, 1.82) is 0 Å². The number of alkyl halides is 3. The number of carbonyl (C=O) groups is 1. The van der Waals surface area contributed by atoms with E-state index in [2.05, 4.69) is 20.0 Å². The first kappa shape index (κ1) is 22.6. The summed E-state index contributed by atoms with van der Waals surface area (Å²) in [6.45, 7) is 1.27. The first-order valence-electron chi connectivity index (χ1n) is 8.82. The largest absolute Gasteiger partial charge is 0.495 e. The smallest absolute Gasteiger partial charge is 0.425 e. The molecule has 0 unspecified atom stereocenters. The Bertz CT molecular complexity index is 1030. The van der Waals surface area contributed by atoms with Gasteiger partial charge in [-0.05, 0) is 31.2 Å². The minimum absolute atomic E-state index is 0.0273. The van der Waals surface area contributed by atoms with Crippen molar-refractivity contribution in [2.45, 2.75) is 31.2 Å². The number of amides is 1. The van der Waals surface area contributed by atoms with Crippen LogP contribution in [-0.2, 0) is 10.3 Å². The van der Waals surface area contributed by atoms with Gasteiger partial charge in [0.25, 0.3) is 11.9 Å². The third-order valence-electron chi connectivity index (χ3n) is 4.64. The highest BCUT2D eigenvalue weighted by molar-refractivity contribution is 6.31. The van der Waals surface area contributed by atoms with E-state index < -0.39 is 47.0 Å². The molecule has 12 heteroatoms. The number of nitrogens with zero attached hydrogens (tertiary/aromatic N) is 2. The molecule has 1 aliphatic heterocycles. The molecule has 2 heterocycles. The number of halogens is 5. The number of carbonyl (C=O) groups excluding carboxylic acids is 1. The Morgan fingerprint density at radius 1 is 1.39 bits per heavy atom. The van der Waals surface area contributed by atoms with Crippen LogP contribution in [-0.4, -0.2) is 36.3 Å². The number of rotatable bonds is 4. The summed E-state index contributed by atoms with van der Waals surface area (Å²) in [6.07, 6.45) is -6.43. The Kier molecular flexibility index (Phi) is 5.99. The summed E-state index contributed by atoms with van der Waals surface area (Å²) in [5.41, 5.74) is 3.47. The van der Waals surface area contributed by atoms with Gasteiger partial charge in [-0.25, -0.2) is 14.4 Å². The second-order valence-electron chi connectivity index (χ2n) is 6.93. The van der Waals surface area contributed by atoms with Crippen LogP contribution in [0.15, 0.2) is 35.5 Å². The van der Waals surface area contributed by atoms with Crippen LogP contribution in [0.3, 0.4) is 0 Å². The third-order valence-corrected chi connectivity index (χ3v) is 4.91. The quantitative estimate of drug-likeness (QED) is 0.671. The van der Waals surface area contributed by atoms with E-state index in [4.69, 9.17) is 22.1 Å². The second-order valence-corrected chi connectivity index (χ2v) is 7.34. The highest BCUT2D eigenvalue weighted by atomic mass is 35.5. The first-order valence-corrected chi connectivity index (χ1v) is 9.20. The second kappa shape index (κ2) is 8.22.